The van der Waals surface area contributed by atoms with Crippen LogP contribution in [0.15, 0.2) is 36.7 Å². The second-order valence-corrected chi connectivity index (χ2v) is 8.16. The second-order valence-electron chi connectivity index (χ2n) is 8.16. The molecule has 29 heavy (non-hydrogen) atoms. The van der Waals surface area contributed by atoms with Crippen molar-refractivity contribution >= 4 is 17.5 Å². The fourth-order valence-electron chi connectivity index (χ4n) is 4.65. The van der Waals surface area contributed by atoms with Crippen LogP contribution in [-0.4, -0.2) is 39.8 Å². The van der Waals surface area contributed by atoms with E-state index in [1.165, 1.54) is 19.8 Å². The highest BCUT2D eigenvalue weighted by molar-refractivity contribution is 5.89. The van der Waals surface area contributed by atoms with Crippen LogP contribution in [0.5, 0.6) is 0 Å². The summed E-state index contributed by atoms with van der Waals surface area (Å²) >= 11 is 0. The van der Waals surface area contributed by atoms with E-state index in [1.807, 2.05) is 24.3 Å². The van der Waals surface area contributed by atoms with Crippen LogP contribution in [0.4, 0.5) is 5.69 Å². The lowest BCUT2D eigenvalue weighted by Crippen LogP contribution is -2.42. The van der Waals surface area contributed by atoms with Gasteiger partial charge in [0, 0.05) is 55.5 Å². The maximum Gasteiger partial charge on any atom is 0.225 e. The van der Waals surface area contributed by atoms with Crippen LogP contribution < -0.4 is 5.32 Å². The minimum Gasteiger partial charge on any atom is -0.342 e. The van der Waals surface area contributed by atoms with Gasteiger partial charge in [-0.15, -0.1) is 0 Å². The minimum atomic E-state index is -0.102. The number of benzene rings is 1. The van der Waals surface area contributed by atoms with Gasteiger partial charge < -0.3 is 10.2 Å². The normalized spacial score (nSPS) is 19.9. The fourth-order valence-corrected chi connectivity index (χ4v) is 4.65. The van der Waals surface area contributed by atoms with Gasteiger partial charge in [-0.2, -0.15) is 0 Å². The van der Waals surface area contributed by atoms with E-state index in [4.69, 9.17) is 0 Å². The van der Waals surface area contributed by atoms with Gasteiger partial charge in [0.15, 0.2) is 0 Å². The summed E-state index contributed by atoms with van der Waals surface area (Å²) in [4.78, 5) is 35.7. The third kappa shape index (κ3) is 4.47. The number of aromatic nitrogens is 2. The first kappa shape index (κ1) is 19.6. The van der Waals surface area contributed by atoms with Gasteiger partial charge >= 0.3 is 0 Å². The predicted molar refractivity (Wildman–Crippen MR) is 112 cm³/mol. The molecule has 2 amide bonds. The Kier molecular flexibility index (Phi) is 5.88. The smallest absolute Gasteiger partial charge is 0.225 e. The van der Waals surface area contributed by atoms with Crippen molar-refractivity contribution < 1.29 is 9.59 Å². The number of hydrogen-bond acceptors (Lipinski definition) is 4. The van der Waals surface area contributed by atoms with E-state index in [0.29, 0.717) is 12.5 Å². The molecule has 1 aliphatic carbocycles. The maximum absolute atomic E-state index is 12.9. The van der Waals surface area contributed by atoms with Gasteiger partial charge in [0.25, 0.3) is 0 Å². The highest BCUT2D eigenvalue weighted by Gasteiger charge is 2.32. The molecule has 4 rings (SSSR count). The van der Waals surface area contributed by atoms with Crippen LogP contribution in [0, 0.1) is 5.92 Å². The van der Waals surface area contributed by atoms with Crippen molar-refractivity contribution in [1.29, 1.82) is 0 Å². The molecular weight excluding hydrogens is 364 g/mol. The Morgan fingerprint density at radius 1 is 1.07 bits per heavy atom. The largest absolute Gasteiger partial charge is 0.342 e. The van der Waals surface area contributed by atoms with Gasteiger partial charge in [0.2, 0.25) is 11.8 Å². The molecule has 2 aromatic rings. The van der Waals surface area contributed by atoms with E-state index < -0.39 is 0 Å². The van der Waals surface area contributed by atoms with Crippen LogP contribution in [-0.2, 0) is 9.59 Å². The Bertz CT molecular complexity index is 892. The summed E-state index contributed by atoms with van der Waals surface area (Å²) in [6.07, 6.45) is 9.84. The molecule has 2 heterocycles. The Labute approximate surface area is 171 Å². The molecule has 1 aromatic carbocycles. The molecule has 1 saturated carbocycles. The summed E-state index contributed by atoms with van der Waals surface area (Å²) in [5.41, 5.74) is 3.45. The van der Waals surface area contributed by atoms with Gasteiger partial charge in [-0.05, 0) is 37.8 Å². The average Bonchev–Trinajstić information content (AvgIpc) is 3.28. The number of nitrogens with zero attached hydrogens (tertiary/aromatic N) is 3. The Hall–Kier alpha value is -2.76. The van der Waals surface area contributed by atoms with Crippen molar-refractivity contribution in [2.24, 2.45) is 5.92 Å². The molecular formula is C23H28N4O2. The summed E-state index contributed by atoms with van der Waals surface area (Å²) in [6.45, 7) is 3.06. The standard InChI is InChI=1S/C23H28N4O2/c1-16(28)26-20-10-4-8-18(14-20)21-22(25-12-11-24-21)19-9-5-13-27(15-19)23(29)17-6-2-3-7-17/h4,8,10-12,14,17,19H,2-3,5-7,9,13,15H2,1H3,(H,26,28). The van der Waals surface area contributed by atoms with Crippen LogP contribution >= 0.6 is 0 Å². The maximum atomic E-state index is 12.9. The molecule has 2 aliphatic rings. The average molecular weight is 393 g/mol. The highest BCUT2D eigenvalue weighted by Crippen LogP contribution is 2.34. The van der Waals surface area contributed by atoms with Crippen molar-refractivity contribution in [3.63, 3.8) is 0 Å². The lowest BCUT2D eigenvalue weighted by atomic mass is 9.90. The number of rotatable bonds is 4. The zero-order valence-corrected chi connectivity index (χ0v) is 16.9. The lowest BCUT2D eigenvalue weighted by molar-refractivity contribution is -0.136. The van der Waals surface area contributed by atoms with E-state index in [9.17, 15) is 9.59 Å². The summed E-state index contributed by atoms with van der Waals surface area (Å²) in [5, 5.41) is 2.83. The molecule has 2 fully saturated rings. The van der Waals surface area contributed by atoms with Crippen LogP contribution in [0.2, 0.25) is 0 Å². The van der Waals surface area contributed by atoms with E-state index in [-0.39, 0.29) is 17.7 Å². The van der Waals surface area contributed by atoms with Gasteiger partial charge in [-0.3, -0.25) is 19.6 Å². The monoisotopic (exact) mass is 392 g/mol. The number of carbonyl (C=O) groups excluding carboxylic acids is 2. The van der Waals surface area contributed by atoms with E-state index >= 15 is 0 Å². The van der Waals surface area contributed by atoms with Gasteiger partial charge in [-0.25, -0.2) is 0 Å². The molecule has 1 N–H and O–H groups in total. The first-order chi connectivity index (χ1) is 14.1. The summed E-state index contributed by atoms with van der Waals surface area (Å²) in [6, 6.07) is 7.70. The Morgan fingerprint density at radius 2 is 1.86 bits per heavy atom. The summed E-state index contributed by atoms with van der Waals surface area (Å²) < 4.78 is 0. The number of nitrogens with one attached hydrogen (secondary N) is 1. The number of anilines is 1. The van der Waals surface area contributed by atoms with E-state index in [1.54, 1.807) is 12.4 Å². The van der Waals surface area contributed by atoms with Crippen LogP contribution in [0.25, 0.3) is 11.3 Å². The van der Waals surface area contributed by atoms with E-state index in [0.717, 1.165) is 54.9 Å². The fraction of sp³-hybridized carbons (Fsp3) is 0.478. The van der Waals surface area contributed by atoms with Crippen molar-refractivity contribution in [2.45, 2.75) is 51.4 Å². The molecule has 6 heteroatoms. The lowest BCUT2D eigenvalue weighted by Gasteiger charge is -2.34. The second kappa shape index (κ2) is 8.72. The zero-order valence-electron chi connectivity index (χ0n) is 16.9. The molecule has 1 saturated heterocycles. The summed E-state index contributed by atoms with van der Waals surface area (Å²) in [7, 11) is 0. The molecule has 1 aliphatic heterocycles. The Morgan fingerprint density at radius 3 is 2.66 bits per heavy atom. The van der Waals surface area contributed by atoms with Crippen molar-refractivity contribution in [2.75, 3.05) is 18.4 Å². The van der Waals surface area contributed by atoms with Gasteiger partial charge in [0.1, 0.15) is 0 Å². The quantitative estimate of drug-likeness (QED) is 0.853. The Balaban J connectivity index is 1.58. The molecule has 6 nitrogen and oxygen atoms in total. The third-order valence-electron chi connectivity index (χ3n) is 6.01. The minimum absolute atomic E-state index is 0.102. The topological polar surface area (TPSA) is 75.2 Å². The molecule has 1 unspecified atom stereocenters. The molecule has 1 atom stereocenters. The number of hydrogen-bond donors (Lipinski definition) is 1. The number of likely N-dealkylation sites (tertiary alicyclic amines) is 1. The molecule has 152 valence electrons. The number of amides is 2. The molecule has 0 radical (unpaired) electrons. The van der Waals surface area contributed by atoms with Gasteiger partial charge in [0.05, 0.1) is 11.4 Å². The zero-order chi connectivity index (χ0) is 20.2. The van der Waals surface area contributed by atoms with Crippen LogP contribution in [0.1, 0.15) is 57.1 Å². The summed E-state index contributed by atoms with van der Waals surface area (Å²) in [5.74, 6) is 0.617. The predicted octanol–water partition coefficient (Wildman–Crippen LogP) is 4.00. The van der Waals surface area contributed by atoms with Crippen molar-refractivity contribution in [3.05, 3.63) is 42.4 Å². The van der Waals surface area contributed by atoms with Crippen molar-refractivity contribution in [1.82, 2.24) is 14.9 Å². The number of piperidine rings is 1. The molecule has 0 spiro atoms. The first-order valence-corrected chi connectivity index (χ1v) is 10.6. The third-order valence-corrected chi connectivity index (χ3v) is 6.01. The van der Waals surface area contributed by atoms with E-state index in [2.05, 4.69) is 20.2 Å². The van der Waals surface area contributed by atoms with Gasteiger partial charge in [-0.1, -0.05) is 25.0 Å². The molecule has 0 bridgehead atoms. The SMILES string of the molecule is CC(=O)Nc1cccc(-c2nccnc2C2CCCN(C(=O)C3CCCC3)C2)c1. The van der Waals surface area contributed by atoms with Crippen molar-refractivity contribution in [3.8, 4) is 11.3 Å². The first-order valence-electron chi connectivity index (χ1n) is 10.6. The number of carbonyl (C=O) groups is 2. The van der Waals surface area contributed by atoms with Crippen LogP contribution in [0.3, 0.4) is 0 Å². The molecule has 1 aromatic heterocycles. The highest BCUT2D eigenvalue weighted by atomic mass is 16.2.